The maximum atomic E-state index is 13.0. The number of hydrogen-bond donors (Lipinski definition) is 1. The van der Waals surface area contributed by atoms with Gasteiger partial charge in [0.25, 0.3) is 0 Å². The smallest absolute Gasteiger partial charge is 0.408 e. The van der Waals surface area contributed by atoms with Crippen LogP contribution in [0.5, 0.6) is 0 Å². The van der Waals surface area contributed by atoms with Crippen LogP contribution in [0.4, 0.5) is 0 Å². The average Bonchev–Trinajstić information content (AvgIpc) is 2.93. The van der Waals surface area contributed by atoms with Crippen molar-refractivity contribution < 1.29 is 12.8 Å². The van der Waals surface area contributed by atoms with E-state index in [1.54, 1.807) is 13.1 Å². The van der Waals surface area contributed by atoms with Crippen molar-refractivity contribution in [3.63, 3.8) is 0 Å². The highest BCUT2D eigenvalue weighted by atomic mass is 32.2. The van der Waals surface area contributed by atoms with E-state index in [0.717, 1.165) is 5.56 Å². The van der Waals surface area contributed by atoms with Crippen LogP contribution in [0.2, 0.25) is 0 Å². The molecule has 1 unspecified atom stereocenters. The van der Waals surface area contributed by atoms with Gasteiger partial charge in [-0.05, 0) is 35.1 Å². The van der Waals surface area contributed by atoms with Crippen molar-refractivity contribution in [2.75, 3.05) is 0 Å². The number of aryl methyl sites for hydroxylation is 1. The van der Waals surface area contributed by atoms with Crippen molar-refractivity contribution in [2.45, 2.75) is 44.6 Å². The van der Waals surface area contributed by atoms with Gasteiger partial charge in [-0.2, -0.15) is 0 Å². The molecule has 7 heteroatoms. The second kappa shape index (κ2) is 7.56. The Labute approximate surface area is 165 Å². The molecule has 28 heavy (non-hydrogen) atoms. The molecule has 6 nitrogen and oxygen atoms in total. The van der Waals surface area contributed by atoms with Crippen LogP contribution in [0.1, 0.15) is 50.8 Å². The molecule has 0 aliphatic carbocycles. The second-order valence-electron chi connectivity index (χ2n) is 7.72. The van der Waals surface area contributed by atoms with E-state index in [1.807, 2.05) is 38.1 Å². The van der Waals surface area contributed by atoms with Gasteiger partial charge >= 0.3 is 5.76 Å². The lowest BCUT2D eigenvalue weighted by atomic mass is 9.94. The zero-order valence-electron chi connectivity index (χ0n) is 16.8. The first-order valence-electron chi connectivity index (χ1n) is 9.32. The molecular formula is C21H26N2O4S. The number of hydrogen-bond acceptors (Lipinski definition) is 4. The van der Waals surface area contributed by atoms with Gasteiger partial charge in [-0.25, -0.2) is 17.9 Å². The van der Waals surface area contributed by atoms with Gasteiger partial charge in [-0.1, -0.05) is 52.0 Å². The van der Waals surface area contributed by atoms with E-state index in [4.69, 9.17) is 4.42 Å². The first kappa shape index (κ1) is 20.4. The van der Waals surface area contributed by atoms with Gasteiger partial charge in [0.1, 0.15) is 0 Å². The Balaban J connectivity index is 1.94. The van der Waals surface area contributed by atoms with Gasteiger partial charge in [0, 0.05) is 19.2 Å². The zero-order chi connectivity index (χ0) is 20.6. The number of benzene rings is 2. The summed E-state index contributed by atoms with van der Waals surface area (Å²) in [5.41, 5.74) is 2.92. The highest BCUT2D eigenvalue weighted by molar-refractivity contribution is 7.89. The average molecular weight is 403 g/mol. The van der Waals surface area contributed by atoms with E-state index >= 15 is 0 Å². The monoisotopic (exact) mass is 402 g/mol. The SMILES string of the molecule is CC(C)c1ccc(C(NS(=O)(=O)c2ccc3c(c2)oc(=O)n3C)C(C)C)cc1. The fourth-order valence-corrected chi connectivity index (χ4v) is 4.58. The third kappa shape index (κ3) is 3.91. The summed E-state index contributed by atoms with van der Waals surface area (Å²) in [6.45, 7) is 8.19. The lowest BCUT2D eigenvalue weighted by Gasteiger charge is -2.23. The topological polar surface area (TPSA) is 81.3 Å². The molecule has 0 aliphatic rings. The van der Waals surface area contributed by atoms with Crippen molar-refractivity contribution in [2.24, 2.45) is 13.0 Å². The van der Waals surface area contributed by atoms with E-state index in [9.17, 15) is 13.2 Å². The molecule has 3 aromatic rings. The Bertz CT molecular complexity index is 1140. The summed E-state index contributed by atoms with van der Waals surface area (Å²) in [4.78, 5) is 11.7. The predicted molar refractivity (Wildman–Crippen MR) is 110 cm³/mol. The molecule has 1 N–H and O–H groups in total. The molecule has 1 aromatic heterocycles. The van der Waals surface area contributed by atoms with Gasteiger partial charge in [-0.3, -0.25) is 4.57 Å². The predicted octanol–water partition coefficient (Wildman–Crippen LogP) is 3.93. The van der Waals surface area contributed by atoms with Crippen LogP contribution in [0.3, 0.4) is 0 Å². The molecule has 3 rings (SSSR count). The summed E-state index contributed by atoms with van der Waals surface area (Å²) in [5.74, 6) is -0.0589. The van der Waals surface area contributed by atoms with Crippen LogP contribution >= 0.6 is 0 Å². The molecule has 0 amide bonds. The molecular weight excluding hydrogens is 376 g/mol. The van der Waals surface area contributed by atoms with Crippen LogP contribution in [-0.4, -0.2) is 13.0 Å². The minimum absolute atomic E-state index is 0.0538. The number of nitrogens with one attached hydrogen (secondary N) is 1. The summed E-state index contributed by atoms with van der Waals surface area (Å²) in [7, 11) is -2.22. The summed E-state index contributed by atoms with van der Waals surface area (Å²) in [5, 5.41) is 0. The Morgan fingerprint density at radius 2 is 1.57 bits per heavy atom. The summed E-state index contributed by atoms with van der Waals surface area (Å²) < 4.78 is 35.3. The van der Waals surface area contributed by atoms with Crippen molar-refractivity contribution in [1.29, 1.82) is 0 Å². The largest absolute Gasteiger partial charge is 0.419 e. The third-order valence-corrected chi connectivity index (χ3v) is 6.42. The van der Waals surface area contributed by atoms with E-state index in [0.29, 0.717) is 11.4 Å². The van der Waals surface area contributed by atoms with Crippen LogP contribution in [-0.2, 0) is 17.1 Å². The van der Waals surface area contributed by atoms with Gasteiger partial charge in [0.15, 0.2) is 5.58 Å². The Kier molecular flexibility index (Phi) is 5.50. The molecule has 0 saturated heterocycles. The van der Waals surface area contributed by atoms with Gasteiger partial charge in [-0.15, -0.1) is 0 Å². The molecule has 0 aliphatic heterocycles. The summed E-state index contributed by atoms with van der Waals surface area (Å²) in [6.07, 6.45) is 0. The zero-order valence-corrected chi connectivity index (χ0v) is 17.6. The van der Waals surface area contributed by atoms with E-state index in [2.05, 4.69) is 18.6 Å². The number of rotatable bonds is 6. The molecule has 0 saturated carbocycles. The summed E-state index contributed by atoms with van der Waals surface area (Å²) >= 11 is 0. The van der Waals surface area contributed by atoms with Gasteiger partial charge in [0.2, 0.25) is 10.0 Å². The first-order valence-corrected chi connectivity index (χ1v) is 10.8. The lowest BCUT2D eigenvalue weighted by molar-refractivity contribution is 0.463. The molecule has 0 spiro atoms. The molecule has 0 fully saturated rings. The molecule has 1 heterocycles. The minimum Gasteiger partial charge on any atom is -0.408 e. The molecule has 0 radical (unpaired) electrons. The van der Waals surface area contributed by atoms with Crippen molar-refractivity contribution >= 4 is 21.1 Å². The standard InChI is InChI=1S/C21H26N2O4S/c1-13(2)15-6-8-16(9-7-15)20(14(3)4)22-28(25,26)17-10-11-18-19(12-17)27-21(24)23(18)5/h6-14,20,22H,1-5H3. The number of fused-ring (bicyclic) bond motifs is 1. The minimum atomic E-state index is -3.80. The van der Waals surface area contributed by atoms with Gasteiger partial charge < -0.3 is 4.42 Å². The van der Waals surface area contributed by atoms with E-state index in [-0.39, 0.29) is 22.4 Å². The van der Waals surface area contributed by atoms with E-state index < -0.39 is 15.8 Å². The molecule has 0 bridgehead atoms. The number of nitrogens with zero attached hydrogens (tertiary/aromatic N) is 1. The quantitative estimate of drug-likeness (QED) is 0.677. The lowest BCUT2D eigenvalue weighted by Crippen LogP contribution is -2.31. The number of aromatic nitrogens is 1. The molecule has 2 aromatic carbocycles. The highest BCUT2D eigenvalue weighted by Gasteiger charge is 2.25. The molecule has 1 atom stereocenters. The van der Waals surface area contributed by atoms with Crippen LogP contribution in [0, 0.1) is 5.92 Å². The van der Waals surface area contributed by atoms with Gasteiger partial charge in [0.05, 0.1) is 10.4 Å². The Hall–Kier alpha value is -2.38. The van der Waals surface area contributed by atoms with Crippen molar-refractivity contribution in [3.05, 3.63) is 64.1 Å². The number of oxazole rings is 1. The van der Waals surface area contributed by atoms with Crippen LogP contribution in [0.15, 0.2) is 56.6 Å². The second-order valence-corrected chi connectivity index (χ2v) is 9.43. The fourth-order valence-electron chi connectivity index (χ4n) is 3.19. The Morgan fingerprint density at radius 3 is 2.14 bits per heavy atom. The van der Waals surface area contributed by atoms with Crippen LogP contribution in [0.25, 0.3) is 11.1 Å². The Morgan fingerprint density at radius 1 is 0.964 bits per heavy atom. The van der Waals surface area contributed by atoms with Crippen LogP contribution < -0.4 is 10.5 Å². The van der Waals surface area contributed by atoms with E-state index in [1.165, 1.54) is 22.3 Å². The van der Waals surface area contributed by atoms with Crippen molar-refractivity contribution in [1.82, 2.24) is 9.29 Å². The highest BCUT2D eigenvalue weighted by Crippen LogP contribution is 2.27. The normalized spacial score (nSPS) is 13.5. The maximum Gasteiger partial charge on any atom is 0.419 e. The first-order chi connectivity index (χ1) is 13.1. The third-order valence-electron chi connectivity index (χ3n) is 4.99. The molecule has 150 valence electrons. The van der Waals surface area contributed by atoms with Crippen molar-refractivity contribution in [3.8, 4) is 0 Å². The summed E-state index contributed by atoms with van der Waals surface area (Å²) in [6, 6.07) is 12.1. The fraction of sp³-hybridized carbons (Fsp3) is 0.381. The number of sulfonamides is 1. The maximum absolute atomic E-state index is 13.0.